The monoisotopic (exact) mass is 298 g/mol. The van der Waals surface area contributed by atoms with E-state index >= 15 is 0 Å². The van der Waals surface area contributed by atoms with E-state index in [0.29, 0.717) is 12.1 Å². The summed E-state index contributed by atoms with van der Waals surface area (Å²) in [6.07, 6.45) is 11.4. The number of allylic oxidation sites excluding steroid dienone is 4. The molecule has 1 unspecified atom stereocenters. The first-order valence-corrected chi connectivity index (χ1v) is 7.83. The summed E-state index contributed by atoms with van der Waals surface area (Å²) in [4.78, 5) is 17.5. The van der Waals surface area contributed by atoms with E-state index in [9.17, 15) is 4.79 Å². The number of hydrogen-bond acceptors (Lipinski definition) is 3. The van der Waals surface area contributed by atoms with Crippen molar-refractivity contribution in [2.75, 3.05) is 6.98 Å². The zero-order chi connectivity index (χ0) is 17.8. The Morgan fingerprint density at radius 3 is 3.14 bits per heavy atom. The number of likely N-dealkylation sites (tertiary alicyclic amines) is 1. The van der Waals surface area contributed by atoms with Crippen LogP contribution in [0.1, 0.15) is 52.5 Å². The molecule has 22 heavy (non-hydrogen) atoms. The second-order valence-corrected chi connectivity index (χ2v) is 6.37. The van der Waals surface area contributed by atoms with Crippen molar-refractivity contribution >= 4 is 11.5 Å². The molecule has 0 bridgehead atoms. The van der Waals surface area contributed by atoms with Gasteiger partial charge in [0.1, 0.15) is 0 Å². The van der Waals surface area contributed by atoms with Gasteiger partial charge in [0.05, 0.1) is 0 Å². The standard InChI is InChI=1S/C18H21N3O/c1-21-17-6-5-11(7-12(17)8-18(21)22)14-9-20-10-15-13(14)3-2-4-16(15)19/h5-6,9-10,12,16H,2-4,7-8,19H2,1H3/t12-,16?/m1/s1/i1D3. The van der Waals surface area contributed by atoms with Crippen molar-refractivity contribution in [1.29, 1.82) is 0 Å². The number of rotatable bonds is 1. The van der Waals surface area contributed by atoms with E-state index in [1.54, 1.807) is 6.08 Å². The Bertz CT molecular complexity index is 797. The van der Waals surface area contributed by atoms with Crippen molar-refractivity contribution in [2.24, 2.45) is 11.7 Å². The average Bonchev–Trinajstić information content (AvgIpc) is 2.89. The molecule has 0 radical (unpaired) electrons. The third-order valence-corrected chi connectivity index (χ3v) is 5.05. The second kappa shape index (κ2) is 5.06. The molecule has 2 atom stereocenters. The minimum absolute atomic E-state index is 0.0330. The molecule has 0 spiro atoms. The molecular weight excluding hydrogens is 274 g/mol. The number of carbonyl (C=O) groups is 1. The molecule has 4 rings (SSSR count). The molecule has 1 fully saturated rings. The van der Waals surface area contributed by atoms with Crippen LogP contribution in [0.3, 0.4) is 0 Å². The summed E-state index contributed by atoms with van der Waals surface area (Å²) in [5.74, 6) is -0.387. The molecule has 0 saturated carbocycles. The van der Waals surface area contributed by atoms with Gasteiger partial charge in [0.2, 0.25) is 5.91 Å². The van der Waals surface area contributed by atoms with Gasteiger partial charge in [0.15, 0.2) is 0 Å². The number of nitrogens with zero attached hydrogens (tertiary/aromatic N) is 2. The van der Waals surface area contributed by atoms with Crippen molar-refractivity contribution in [3.05, 3.63) is 46.9 Å². The maximum atomic E-state index is 12.2. The normalized spacial score (nSPS) is 29.8. The van der Waals surface area contributed by atoms with Crippen LogP contribution in [0.4, 0.5) is 0 Å². The number of nitrogens with two attached hydrogens (primary N) is 1. The van der Waals surface area contributed by atoms with Gasteiger partial charge < -0.3 is 10.6 Å². The number of aromatic nitrogens is 1. The first kappa shape index (κ1) is 10.7. The molecule has 0 aromatic carbocycles. The Morgan fingerprint density at radius 2 is 2.27 bits per heavy atom. The maximum absolute atomic E-state index is 12.2. The Labute approximate surface area is 134 Å². The molecule has 1 amide bonds. The molecule has 114 valence electrons. The molecule has 1 aromatic rings. The van der Waals surface area contributed by atoms with Crippen LogP contribution in [-0.2, 0) is 11.2 Å². The molecule has 1 aromatic heterocycles. The van der Waals surface area contributed by atoms with Crippen LogP contribution in [-0.4, -0.2) is 22.8 Å². The van der Waals surface area contributed by atoms with E-state index in [1.165, 1.54) is 5.56 Å². The second-order valence-electron chi connectivity index (χ2n) is 6.37. The predicted octanol–water partition coefficient (Wildman–Crippen LogP) is 2.57. The van der Waals surface area contributed by atoms with E-state index in [2.05, 4.69) is 4.98 Å². The third kappa shape index (κ3) is 2.02. The summed E-state index contributed by atoms with van der Waals surface area (Å²) in [5.41, 5.74) is 11.4. The maximum Gasteiger partial charge on any atom is 0.227 e. The van der Waals surface area contributed by atoms with Crippen molar-refractivity contribution in [3.8, 4) is 0 Å². The summed E-state index contributed by atoms with van der Waals surface area (Å²) >= 11 is 0. The Kier molecular flexibility index (Phi) is 2.47. The van der Waals surface area contributed by atoms with Crippen LogP contribution in [0.25, 0.3) is 5.57 Å². The number of fused-ring (bicyclic) bond motifs is 2. The predicted molar refractivity (Wildman–Crippen MR) is 85.7 cm³/mol. The Hall–Kier alpha value is -1.94. The molecule has 1 aliphatic heterocycles. The molecule has 4 heteroatoms. The van der Waals surface area contributed by atoms with Crippen LogP contribution in [0, 0.1) is 5.92 Å². The number of pyridine rings is 1. The van der Waals surface area contributed by atoms with E-state index in [4.69, 9.17) is 9.85 Å². The van der Waals surface area contributed by atoms with Crippen LogP contribution < -0.4 is 5.73 Å². The van der Waals surface area contributed by atoms with Gasteiger partial charge in [-0.2, -0.15) is 0 Å². The van der Waals surface area contributed by atoms with Gasteiger partial charge in [-0.3, -0.25) is 9.78 Å². The lowest BCUT2D eigenvalue weighted by molar-refractivity contribution is -0.125. The van der Waals surface area contributed by atoms with Crippen molar-refractivity contribution in [1.82, 2.24) is 9.88 Å². The molecule has 3 aliphatic rings. The zero-order valence-corrected chi connectivity index (χ0v) is 12.4. The van der Waals surface area contributed by atoms with Crippen molar-refractivity contribution < 1.29 is 8.91 Å². The van der Waals surface area contributed by atoms with Crippen molar-refractivity contribution in [2.45, 2.75) is 38.1 Å². The summed E-state index contributed by atoms with van der Waals surface area (Å²) in [5, 5.41) is 0. The van der Waals surface area contributed by atoms with Gasteiger partial charge >= 0.3 is 0 Å². The smallest absolute Gasteiger partial charge is 0.227 e. The lowest BCUT2D eigenvalue weighted by atomic mass is 9.81. The van der Waals surface area contributed by atoms with Crippen molar-refractivity contribution in [3.63, 3.8) is 0 Å². The average molecular weight is 298 g/mol. The highest BCUT2D eigenvalue weighted by molar-refractivity contribution is 5.84. The minimum atomic E-state index is -2.41. The Balaban J connectivity index is 1.72. The molecule has 2 heterocycles. The lowest BCUT2D eigenvalue weighted by Gasteiger charge is -2.27. The highest BCUT2D eigenvalue weighted by Gasteiger charge is 2.35. The van der Waals surface area contributed by atoms with Gasteiger partial charge in [0.25, 0.3) is 0 Å². The van der Waals surface area contributed by atoms with Gasteiger partial charge in [0, 0.05) is 47.6 Å². The van der Waals surface area contributed by atoms with E-state index in [-0.39, 0.29) is 24.3 Å². The molecule has 1 saturated heterocycles. The summed E-state index contributed by atoms with van der Waals surface area (Å²) in [7, 11) is 0. The summed E-state index contributed by atoms with van der Waals surface area (Å²) < 4.78 is 22.8. The van der Waals surface area contributed by atoms with Gasteiger partial charge in [-0.1, -0.05) is 6.08 Å². The van der Waals surface area contributed by atoms with Crippen LogP contribution in [0.5, 0.6) is 0 Å². The first-order chi connectivity index (χ1) is 11.9. The fourth-order valence-electron chi connectivity index (χ4n) is 3.87. The lowest BCUT2D eigenvalue weighted by Crippen LogP contribution is -2.20. The zero-order valence-electron chi connectivity index (χ0n) is 15.4. The highest BCUT2D eigenvalue weighted by Crippen LogP contribution is 2.41. The fourth-order valence-corrected chi connectivity index (χ4v) is 3.87. The quantitative estimate of drug-likeness (QED) is 0.867. The molecule has 4 nitrogen and oxygen atoms in total. The summed E-state index contributed by atoms with van der Waals surface area (Å²) in [6, 6.07) is 0.0330. The number of amides is 1. The van der Waals surface area contributed by atoms with Gasteiger partial charge in [-0.15, -0.1) is 0 Å². The van der Waals surface area contributed by atoms with Crippen LogP contribution in [0.2, 0.25) is 0 Å². The first-order valence-electron chi connectivity index (χ1n) is 9.33. The number of hydrogen-bond donors (Lipinski definition) is 1. The SMILES string of the molecule is [2H]C([2H])([2H])N1C(=O)C[C@H]2CC(c3cncc4c3CCCC4N)=CC=C21. The van der Waals surface area contributed by atoms with Gasteiger partial charge in [-0.05, 0) is 54.0 Å². The van der Waals surface area contributed by atoms with E-state index in [1.807, 2.05) is 18.5 Å². The minimum Gasteiger partial charge on any atom is -0.324 e. The summed E-state index contributed by atoms with van der Waals surface area (Å²) in [6.45, 7) is -2.41. The van der Waals surface area contributed by atoms with Crippen LogP contribution in [0.15, 0.2) is 30.2 Å². The number of carbonyl (C=O) groups excluding carboxylic acids is 1. The Morgan fingerprint density at radius 1 is 1.36 bits per heavy atom. The van der Waals surface area contributed by atoms with Gasteiger partial charge in [-0.25, -0.2) is 0 Å². The molecule has 2 aliphatic carbocycles. The van der Waals surface area contributed by atoms with E-state index < -0.39 is 6.98 Å². The van der Waals surface area contributed by atoms with Crippen LogP contribution >= 0.6 is 0 Å². The molecular formula is C18H21N3O. The fraction of sp³-hybridized carbons (Fsp3) is 0.444. The topological polar surface area (TPSA) is 59.2 Å². The van der Waals surface area contributed by atoms with E-state index in [0.717, 1.165) is 40.9 Å². The molecule has 2 N–H and O–H groups in total. The largest absolute Gasteiger partial charge is 0.324 e. The third-order valence-electron chi connectivity index (χ3n) is 5.05. The highest BCUT2D eigenvalue weighted by atomic mass is 16.2.